The summed E-state index contributed by atoms with van der Waals surface area (Å²) in [5, 5.41) is 7.98. The summed E-state index contributed by atoms with van der Waals surface area (Å²) in [7, 11) is 0. The van der Waals surface area contributed by atoms with Gasteiger partial charge in [-0.05, 0) is 29.8 Å². The quantitative estimate of drug-likeness (QED) is 0.412. The van der Waals surface area contributed by atoms with Crippen LogP contribution in [0.4, 0.5) is 13.2 Å². The summed E-state index contributed by atoms with van der Waals surface area (Å²) in [5.74, 6) is 0.441. The van der Waals surface area contributed by atoms with Gasteiger partial charge < -0.3 is 0 Å². The molecule has 2 aromatic carbocycles. The Morgan fingerprint density at radius 3 is 2.42 bits per heavy atom. The molecule has 2 aromatic heterocycles. The van der Waals surface area contributed by atoms with Gasteiger partial charge in [0.15, 0.2) is 5.82 Å². The summed E-state index contributed by atoms with van der Waals surface area (Å²) >= 11 is 6.00. The molecule has 0 fully saturated rings. The van der Waals surface area contributed by atoms with Gasteiger partial charge in [0.2, 0.25) is 0 Å². The lowest BCUT2D eigenvalue weighted by Gasteiger charge is -2.28. The summed E-state index contributed by atoms with van der Waals surface area (Å²) in [6, 6.07) is 12.6. The predicted octanol–water partition coefficient (Wildman–Crippen LogP) is 5.76. The lowest BCUT2D eigenvalue weighted by molar-refractivity contribution is -0.137. The van der Waals surface area contributed by atoms with Gasteiger partial charge in [-0.1, -0.05) is 35.9 Å². The largest absolute Gasteiger partial charge is 0.416 e. The molecule has 0 atom stereocenters. The van der Waals surface area contributed by atoms with E-state index in [1.165, 1.54) is 12.1 Å². The van der Waals surface area contributed by atoms with Gasteiger partial charge in [-0.15, -0.1) is 0 Å². The van der Waals surface area contributed by atoms with E-state index in [2.05, 4.69) is 25.1 Å². The zero-order chi connectivity index (χ0) is 23.0. The second-order valence-electron chi connectivity index (χ2n) is 7.98. The number of hydrogen-bond acceptors (Lipinski definition) is 4. The highest BCUT2D eigenvalue weighted by Gasteiger charge is 2.30. The van der Waals surface area contributed by atoms with Crippen molar-refractivity contribution in [3.63, 3.8) is 0 Å². The Labute approximate surface area is 193 Å². The zero-order valence-electron chi connectivity index (χ0n) is 17.4. The molecule has 0 unspecified atom stereocenters. The monoisotopic (exact) mass is 469 g/mol. The van der Waals surface area contributed by atoms with E-state index in [4.69, 9.17) is 11.6 Å². The third-order valence-electron chi connectivity index (χ3n) is 5.73. The van der Waals surface area contributed by atoms with Crippen molar-refractivity contribution in [3.8, 4) is 22.6 Å². The fourth-order valence-electron chi connectivity index (χ4n) is 4.00. The first-order valence-corrected chi connectivity index (χ1v) is 10.8. The van der Waals surface area contributed by atoms with Gasteiger partial charge in [0.05, 0.1) is 23.1 Å². The van der Waals surface area contributed by atoms with Gasteiger partial charge in [0.1, 0.15) is 0 Å². The second-order valence-corrected chi connectivity index (χ2v) is 8.41. The third-order valence-corrected chi connectivity index (χ3v) is 5.98. The SMILES string of the molecule is FC(F)(F)c1ccc(-c2ncc3c(n2)CCN(Cc2cn[nH]c2-c2ccc(Cl)cc2)C3)cc1. The van der Waals surface area contributed by atoms with Gasteiger partial charge in [-0.25, -0.2) is 9.97 Å². The van der Waals surface area contributed by atoms with E-state index >= 15 is 0 Å². The van der Waals surface area contributed by atoms with Crippen molar-refractivity contribution in [3.05, 3.63) is 88.3 Å². The molecule has 5 rings (SSSR count). The minimum atomic E-state index is -4.36. The third kappa shape index (κ3) is 4.62. The molecule has 5 nitrogen and oxygen atoms in total. The number of nitrogens with one attached hydrogen (secondary N) is 1. The van der Waals surface area contributed by atoms with Crippen LogP contribution in [-0.4, -0.2) is 31.6 Å². The minimum Gasteiger partial charge on any atom is -0.294 e. The van der Waals surface area contributed by atoms with E-state index in [0.717, 1.165) is 53.2 Å². The lowest BCUT2D eigenvalue weighted by atomic mass is 10.0. The maximum atomic E-state index is 12.8. The second kappa shape index (κ2) is 8.61. The van der Waals surface area contributed by atoms with Crippen molar-refractivity contribution in [2.24, 2.45) is 0 Å². The van der Waals surface area contributed by atoms with Gasteiger partial charge in [0, 0.05) is 54.0 Å². The van der Waals surface area contributed by atoms with Crippen molar-refractivity contribution >= 4 is 11.6 Å². The Balaban J connectivity index is 1.31. The fourth-order valence-corrected chi connectivity index (χ4v) is 4.12. The van der Waals surface area contributed by atoms with Crippen LogP contribution < -0.4 is 0 Å². The highest BCUT2D eigenvalue weighted by atomic mass is 35.5. The highest BCUT2D eigenvalue weighted by Crippen LogP contribution is 2.31. The summed E-state index contributed by atoms with van der Waals surface area (Å²) in [4.78, 5) is 11.3. The number of halogens is 4. The molecule has 0 radical (unpaired) electrons. The standard InChI is InChI=1S/C24H19ClF3N5/c25-20-7-3-15(4-8-20)22-18(12-30-32-22)14-33-10-9-21-17(13-33)11-29-23(31-21)16-1-5-19(6-2-16)24(26,27)28/h1-8,11-12H,9-10,13-14H2,(H,30,32). The summed E-state index contributed by atoms with van der Waals surface area (Å²) in [6.45, 7) is 2.21. The summed E-state index contributed by atoms with van der Waals surface area (Å²) < 4.78 is 38.4. The topological polar surface area (TPSA) is 57.7 Å². The van der Waals surface area contributed by atoms with Crippen molar-refractivity contribution in [2.75, 3.05) is 6.54 Å². The molecule has 0 amide bonds. The molecule has 1 aliphatic heterocycles. The maximum Gasteiger partial charge on any atom is 0.416 e. The Morgan fingerprint density at radius 2 is 1.70 bits per heavy atom. The van der Waals surface area contributed by atoms with E-state index in [-0.39, 0.29) is 0 Å². The molecule has 4 aromatic rings. The van der Waals surface area contributed by atoms with E-state index in [9.17, 15) is 13.2 Å². The first-order chi connectivity index (χ1) is 15.9. The molecule has 33 heavy (non-hydrogen) atoms. The molecule has 1 aliphatic rings. The molecule has 1 N–H and O–H groups in total. The average Bonchev–Trinajstić information content (AvgIpc) is 3.27. The predicted molar refractivity (Wildman–Crippen MR) is 119 cm³/mol. The van der Waals surface area contributed by atoms with Crippen LogP contribution in [0, 0.1) is 0 Å². The Kier molecular flexibility index (Phi) is 5.64. The zero-order valence-corrected chi connectivity index (χ0v) is 18.2. The number of aromatic nitrogens is 4. The number of fused-ring (bicyclic) bond motifs is 1. The smallest absolute Gasteiger partial charge is 0.294 e. The molecule has 168 valence electrons. The Bertz CT molecular complexity index is 1270. The van der Waals surface area contributed by atoms with Gasteiger partial charge in [-0.3, -0.25) is 10.00 Å². The number of benzene rings is 2. The number of rotatable bonds is 4. The Hall–Kier alpha value is -3.23. The molecular weight excluding hydrogens is 451 g/mol. The van der Waals surface area contributed by atoms with Gasteiger partial charge in [-0.2, -0.15) is 18.3 Å². The number of hydrogen-bond donors (Lipinski definition) is 1. The van der Waals surface area contributed by atoms with Crippen molar-refractivity contribution in [1.29, 1.82) is 0 Å². The molecule has 3 heterocycles. The maximum absolute atomic E-state index is 12.8. The van der Waals surface area contributed by atoms with Crippen LogP contribution in [0.3, 0.4) is 0 Å². The number of alkyl halides is 3. The molecule has 0 saturated carbocycles. The Morgan fingerprint density at radius 1 is 0.970 bits per heavy atom. The molecule has 0 saturated heterocycles. The first kappa shape index (κ1) is 21.6. The van der Waals surface area contributed by atoms with Gasteiger partial charge in [0.25, 0.3) is 0 Å². The molecule has 0 bridgehead atoms. The molecule has 0 aliphatic carbocycles. The minimum absolute atomic E-state index is 0.441. The fraction of sp³-hybridized carbons (Fsp3) is 0.208. The molecular formula is C24H19ClF3N5. The number of nitrogens with zero attached hydrogens (tertiary/aromatic N) is 4. The van der Waals surface area contributed by atoms with Crippen LogP contribution in [0.25, 0.3) is 22.6 Å². The van der Waals surface area contributed by atoms with Crippen molar-refractivity contribution in [1.82, 2.24) is 25.1 Å². The van der Waals surface area contributed by atoms with E-state index in [1.54, 1.807) is 6.20 Å². The van der Waals surface area contributed by atoms with Crippen molar-refractivity contribution < 1.29 is 13.2 Å². The average molecular weight is 470 g/mol. The van der Waals surface area contributed by atoms with Gasteiger partial charge >= 0.3 is 6.18 Å². The van der Waals surface area contributed by atoms with Crippen LogP contribution in [0.2, 0.25) is 5.02 Å². The normalized spacial score (nSPS) is 14.3. The lowest BCUT2D eigenvalue weighted by Crippen LogP contribution is -2.31. The van der Waals surface area contributed by atoms with E-state index < -0.39 is 11.7 Å². The van der Waals surface area contributed by atoms with Crippen LogP contribution in [0.15, 0.2) is 60.9 Å². The van der Waals surface area contributed by atoms with Crippen LogP contribution >= 0.6 is 11.6 Å². The highest BCUT2D eigenvalue weighted by molar-refractivity contribution is 6.30. The molecule has 0 spiro atoms. The van der Waals surface area contributed by atoms with E-state index in [0.29, 0.717) is 29.5 Å². The summed E-state index contributed by atoms with van der Waals surface area (Å²) in [6.07, 6.45) is -0.0125. The van der Waals surface area contributed by atoms with Crippen LogP contribution in [0.5, 0.6) is 0 Å². The van der Waals surface area contributed by atoms with E-state index in [1.807, 2.05) is 30.5 Å². The first-order valence-electron chi connectivity index (χ1n) is 10.4. The van der Waals surface area contributed by atoms with Crippen LogP contribution in [0.1, 0.15) is 22.4 Å². The number of H-pyrrole nitrogens is 1. The number of aromatic amines is 1. The van der Waals surface area contributed by atoms with Crippen molar-refractivity contribution in [2.45, 2.75) is 25.7 Å². The summed E-state index contributed by atoms with van der Waals surface area (Å²) in [5.41, 5.74) is 4.91. The van der Waals surface area contributed by atoms with Crippen LogP contribution in [-0.2, 0) is 25.7 Å². The molecule has 9 heteroatoms.